The fourth-order valence-electron chi connectivity index (χ4n) is 2.29. The highest BCUT2D eigenvalue weighted by Crippen LogP contribution is 2.24. The quantitative estimate of drug-likeness (QED) is 0.816. The Morgan fingerprint density at radius 1 is 1.31 bits per heavy atom. The molecule has 0 atom stereocenters. The van der Waals surface area contributed by atoms with Gasteiger partial charge in [0.15, 0.2) is 0 Å². The van der Waals surface area contributed by atoms with Gasteiger partial charge in [-0.2, -0.15) is 0 Å². The third-order valence-corrected chi connectivity index (χ3v) is 3.50. The zero-order chi connectivity index (χ0) is 11.4. The molecule has 0 amide bonds. The average Bonchev–Trinajstić information content (AvgIpc) is 2.15. The number of rotatable bonds is 5. The van der Waals surface area contributed by atoms with Gasteiger partial charge in [0, 0.05) is 19.1 Å². The molecule has 2 heteroatoms. The van der Waals surface area contributed by atoms with Crippen molar-refractivity contribution in [2.75, 3.05) is 14.1 Å². The van der Waals surface area contributed by atoms with Gasteiger partial charge in [-0.1, -0.05) is 30.7 Å². The molecule has 0 aliphatic heterocycles. The highest BCUT2D eigenvalue weighted by atomic mass is 15.1. The third kappa shape index (κ3) is 2.83. The van der Waals surface area contributed by atoms with Crippen molar-refractivity contribution in [3.63, 3.8) is 0 Å². The number of nitrogens with zero attached hydrogens (tertiary/aromatic N) is 1. The lowest BCUT2D eigenvalue weighted by atomic mass is 9.91. The minimum Gasteiger partial charge on any atom is -0.316 e. The first-order chi connectivity index (χ1) is 7.79. The maximum atomic E-state index is 3.20. The van der Waals surface area contributed by atoms with E-state index in [2.05, 4.69) is 41.5 Å². The molecule has 0 bridgehead atoms. The predicted octanol–water partition coefficient (Wildman–Crippen LogP) is 2.39. The van der Waals surface area contributed by atoms with Gasteiger partial charge < -0.3 is 5.32 Å². The SMILES string of the molecule is CNCc1cccc(CN(C)C2CCC2)c1. The van der Waals surface area contributed by atoms with Crippen LogP contribution in [0.2, 0.25) is 0 Å². The zero-order valence-electron chi connectivity index (χ0n) is 10.4. The number of benzene rings is 1. The molecule has 0 radical (unpaired) electrons. The standard InChI is InChI=1S/C14H22N2/c1-15-10-12-5-3-6-13(9-12)11-16(2)14-7-4-8-14/h3,5-6,9,14-15H,4,7-8,10-11H2,1-2H3. The lowest BCUT2D eigenvalue weighted by Crippen LogP contribution is -2.36. The molecule has 2 nitrogen and oxygen atoms in total. The van der Waals surface area contributed by atoms with E-state index < -0.39 is 0 Å². The lowest BCUT2D eigenvalue weighted by molar-refractivity contribution is 0.152. The fraction of sp³-hybridized carbons (Fsp3) is 0.571. The molecule has 88 valence electrons. The predicted molar refractivity (Wildman–Crippen MR) is 68.3 cm³/mol. The van der Waals surface area contributed by atoms with Crippen molar-refractivity contribution in [1.29, 1.82) is 0 Å². The maximum absolute atomic E-state index is 3.20. The first-order valence-electron chi connectivity index (χ1n) is 6.22. The van der Waals surface area contributed by atoms with E-state index in [9.17, 15) is 0 Å². The van der Waals surface area contributed by atoms with Crippen LogP contribution in [0.4, 0.5) is 0 Å². The Kier molecular flexibility index (Phi) is 3.97. The highest BCUT2D eigenvalue weighted by Gasteiger charge is 2.21. The molecule has 0 spiro atoms. The van der Waals surface area contributed by atoms with Crippen LogP contribution in [0.15, 0.2) is 24.3 Å². The normalized spacial score (nSPS) is 16.4. The van der Waals surface area contributed by atoms with Gasteiger partial charge in [-0.3, -0.25) is 4.90 Å². The molecule has 2 rings (SSSR count). The molecule has 1 aromatic carbocycles. The molecule has 0 saturated heterocycles. The Morgan fingerprint density at radius 3 is 2.69 bits per heavy atom. The zero-order valence-corrected chi connectivity index (χ0v) is 10.4. The summed E-state index contributed by atoms with van der Waals surface area (Å²) in [6, 6.07) is 9.72. The third-order valence-electron chi connectivity index (χ3n) is 3.50. The summed E-state index contributed by atoms with van der Waals surface area (Å²) in [7, 11) is 4.24. The van der Waals surface area contributed by atoms with E-state index in [4.69, 9.17) is 0 Å². The van der Waals surface area contributed by atoms with E-state index in [-0.39, 0.29) is 0 Å². The highest BCUT2D eigenvalue weighted by molar-refractivity contribution is 5.23. The van der Waals surface area contributed by atoms with Gasteiger partial charge in [-0.05, 0) is 38.1 Å². The van der Waals surface area contributed by atoms with Crippen molar-refractivity contribution in [3.05, 3.63) is 35.4 Å². The second-order valence-electron chi connectivity index (χ2n) is 4.85. The Morgan fingerprint density at radius 2 is 2.06 bits per heavy atom. The van der Waals surface area contributed by atoms with Crippen LogP contribution in [0.1, 0.15) is 30.4 Å². The molecule has 0 unspecified atom stereocenters. The first kappa shape index (κ1) is 11.6. The van der Waals surface area contributed by atoms with Gasteiger partial charge >= 0.3 is 0 Å². The molecule has 0 aromatic heterocycles. The van der Waals surface area contributed by atoms with Crippen molar-refractivity contribution in [2.24, 2.45) is 0 Å². The van der Waals surface area contributed by atoms with Crippen LogP contribution >= 0.6 is 0 Å². The Hall–Kier alpha value is -0.860. The summed E-state index contributed by atoms with van der Waals surface area (Å²) in [5.74, 6) is 0. The van der Waals surface area contributed by atoms with Crippen LogP contribution in [-0.2, 0) is 13.1 Å². The van der Waals surface area contributed by atoms with Crippen LogP contribution < -0.4 is 5.32 Å². The Balaban J connectivity index is 1.94. The molecule has 1 N–H and O–H groups in total. The number of hydrogen-bond donors (Lipinski definition) is 1. The number of nitrogens with one attached hydrogen (secondary N) is 1. The fourth-order valence-corrected chi connectivity index (χ4v) is 2.29. The monoisotopic (exact) mass is 218 g/mol. The summed E-state index contributed by atoms with van der Waals surface area (Å²) in [5.41, 5.74) is 2.81. The summed E-state index contributed by atoms with van der Waals surface area (Å²) in [5, 5.41) is 3.20. The average molecular weight is 218 g/mol. The molecular weight excluding hydrogens is 196 g/mol. The van der Waals surface area contributed by atoms with Gasteiger partial charge in [0.1, 0.15) is 0 Å². The Bertz CT molecular complexity index is 331. The van der Waals surface area contributed by atoms with E-state index in [0.29, 0.717) is 0 Å². The van der Waals surface area contributed by atoms with Crippen LogP contribution in [0, 0.1) is 0 Å². The summed E-state index contributed by atoms with van der Waals surface area (Å²) in [6.07, 6.45) is 4.17. The van der Waals surface area contributed by atoms with Gasteiger partial charge in [-0.25, -0.2) is 0 Å². The molecule has 1 saturated carbocycles. The van der Waals surface area contributed by atoms with E-state index >= 15 is 0 Å². The van der Waals surface area contributed by atoms with E-state index in [1.807, 2.05) is 7.05 Å². The summed E-state index contributed by atoms with van der Waals surface area (Å²) in [4.78, 5) is 2.49. The van der Waals surface area contributed by atoms with E-state index in [0.717, 1.165) is 19.1 Å². The molecule has 16 heavy (non-hydrogen) atoms. The minimum atomic E-state index is 0.827. The van der Waals surface area contributed by atoms with Crippen molar-refractivity contribution in [1.82, 2.24) is 10.2 Å². The van der Waals surface area contributed by atoms with Crippen LogP contribution in [-0.4, -0.2) is 25.0 Å². The topological polar surface area (TPSA) is 15.3 Å². The van der Waals surface area contributed by atoms with E-state index in [1.165, 1.54) is 30.4 Å². The summed E-state index contributed by atoms with van der Waals surface area (Å²) >= 11 is 0. The molecule has 0 heterocycles. The van der Waals surface area contributed by atoms with Gasteiger partial charge in [0.25, 0.3) is 0 Å². The molecule has 1 aliphatic carbocycles. The summed E-state index contributed by atoms with van der Waals surface area (Å²) in [6.45, 7) is 2.04. The van der Waals surface area contributed by atoms with Crippen molar-refractivity contribution in [3.8, 4) is 0 Å². The van der Waals surface area contributed by atoms with Gasteiger partial charge in [0.2, 0.25) is 0 Å². The van der Waals surface area contributed by atoms with Crippen LogP contribution in [0.25, 0.3) is 0 Å². The van der Waals surface area contributed by atoms with E-state index in [1.54, 1.807) is 0 Å². The second kappa shape index (κ2) is 5.46. The first-order valence-corrected chi connectivity index (χ1v) is 6.22. The lowest BCUT2D eigenvalue weighted by Gasteiger charge is -2.34. The van der Waals surface area contributed by atoms with Crippen molar-refractivity contribution < 1.29 is 0 Å². The minimum absolute atomic E-state index is 0.827. The number of hydrogen-bond acceptors (Lipinski definition) is 2. The molecule has 1 aliphatic rings. The van der Waals surface area contributed by atoms with Crippen molar-refractivity contribution in [2.45, 2.75) is 38.4 Å². The Labute approximate surface area is 98.7 Å². The van der Waals surface area contributed by atoms with Gasteiger partial charge in [-0.15, -0.1) is 0 Å². The van der Waals surface area contributed by atoms with Crippen LogP contribution in [0.3, 0.4) is 0 Å². The smallest absolute Gasteiger partial charge is 0.0233 e. The molecular formula is C14H22N2. The second-order valence-corrected chi connectivity index (χ2v) is 4.85. The van der Waals surface area contributed by atoms with Crippen molar-refractivity contribution >= 4 is 0 Å². The summed E-state index contributed by atoms with van der Waals surface area (Å²) < 4.78 is 0. The molecule has 1 aromatic rings. The van der Waals surface area contributed by atoms with Crippen LogP contribution in [0.5, 0.6) is 0 Å². The largest absolute Gasteiger partial charge is 0.316 e. The maximum Gasteiger partial charge on any atom is 0.0233 e. The molecule has 1 fully saturated rings. The van der Waals surface area contributed by atoms with Gasteiger partial charge in [0.05, 0.1) is 0 Å².